The van der Waals surface area contributed by atoms with E-state index in [1.54, 1.807) is 17.4 Å². The van der Waals surface area contributed by atoms with Crippen LogP contribution >= 0.6 is 11.8 Å². The summed E-state index contributed by atoms with van der Waals surface area (Å²) >= 11 is 1.48. The van der Waals surface area contributed by atoms with Gasteiger partial charge in [0.25, 0.3) is 0 Å². The first kappa shape index (κ1) is 10.6. The van der Waals surface area contributed by atoms with E-state index in [1.807, 2.05) is 24.3 Å². The summed E-state index contributed by atoms with van der Waals surface area (Å²) in [7, 11) is 1.79. The average Bonchev–Trinajstić information content (AvgIpc) is 2.12. The third kappa shape index (κ3) is 1.88. The normalized spacial score (nSPS) is 14.2. The Hall–Kier alpha value is -0.493. The van der Waals surface area contributed by atoms with Gasteiger partial charge in [0.2, 0.25) is 0 Å². The first-order chi connectivity index (χ1) is 5.79. The van der Waals surface area contributed by atoms with Crippen LogP contribution in [-0.4, -0.2) is 7.05 Å². The van der Waals surface area contributed by atoms with Gasteiger partial charge in [0.15, 0.2) is 0 Å². The van der Waals surface area contributed by atoms with Crippen molar-refractivity contribution in [2.45, 2.75) is 4.90 Å². The molecule has 0 fully saturated rings. The first-order valence-corrected chi connectivity index (χ1v) is 4.53. The molecule has 0 amide bonds. The maximum Gasteiger partial charge on any atom is 1.00 e. The summed E-state index contributed by atoms with van der Waals surface area (Å²) in [6.07, 6.45) is 0. The van der Waals surface area contributed by atoms with Crippen molar-refractivity contribution < 1.29 is 24.0 Å². The van der Waals surface area contributed by atoms with Crippen LogP contribution in [0.1, 0.15) is 0 Å². The molecule has 0 aromatic heterocycles. The topological polar surface area (TPSA) is 26.3 Å². The SMILES string of the molecule is CN1C([O-])=CSc2ccccc21.[Li+]. The van der Waals surface area contributed by atoms with E-state index in [9.17, 15) is 5.11 Å². The summed E-state index contributed by atoms with van der Waals surface area (Å²) in [5.74, 6) is 0.0544. The number of rotatable bonds is 0. The fourth-order valence-corrected chi connectivity index (χ4v) is 2.01. The molecule has 62 valence electrons. The Morgan fingerprint density at radius 2 is 2.00 bits per heavy atom. The molecule has 0 spiro atoms. The predicted molar refractivity (Wildman–Crippen MR) is 48.8 cm³/mol. The zero-order chi connectivity index (χ0) is 8.55. The molecule has 1 aliphatic rings. The van der Waals surface area contributed by atoms with E-state index in [0.717, 1.165) is 10.6 Å². The fourth-order valence-electron chi connectivity index (χ4n) is 1.15. The summed E-state index contributed by atoms with van der Waals surface area (Å²) in [6, 6.07) is 7.88. The molecular weight excluding hydrogens is 177 g/mol. The van der Waals surface area contributed by atoms with Crippen LogP contribution in [0.3, 0.4) is 0 Å². The van der Waals surface area contributed by atoms with Gasteiger partial charge in [-0.1, -0.05) is 23.9 Å². The van der Waals surface area contributed by atoms with Crippen molar-refractivity contribution in [2.75, 3.05) is 11.9 Å². The molecule has 1 aromatic carbocycles. The maximum atomic E-state index is 11.2. The van der Waals surface area contributed by atoms with Gasteiger partial charge < -0.3 is 10.0 Å². The summed E-state index contributed by atoms with van der Waals surface area (Å²) < 4.78 is 0. The van der Waals surface area contributed by atoms with Gasteiger partial charge in [-0.15, -0.1) is 0 Å². The number of fused-ring (bicyclic) bond motifs is 1. The summed E-state index contributed by atoms with van der Waals surface area (Å²) in [4.78, 5) is 2.80. The van der Waals surface area contributed by atoms with Crippen molar-refractivity contribution in [3.63, 3.8) is 0 Å². The molecule has 0 bridgehead atoms. The van der Waals surface area contributed by atoms with Crippen LogP contribution in [0.5, 0.6) is 0 Å². The molecule has 1 heterocycles. The Labute approximate surface area is 93.8 Å². The predicted octanol–water partition coefficient (Wildman–Crippen LogP) is -1.61. The van der Waals surface area contributed by atoms with Crippen LogP contribution < -0.4 is 28.9 Å². The fraction of sp³-hybridized carbons (Fsp3) is 0.111. The van der Waals surface area contributed by atoms with Gasteiger partial charge in [0.05, 0.1) is 5.69 Å². The van der Waals surface area contributed by atoms with E-state index in [2.05, 4.69) is 0 Å². The van der Waals surface area contributed by atoms with Gasteiger partial charge in [0, 0.05) is 11.9 Å². The second-order valence-electron chi connectivity index (χ2n) is 2.60. The number of para-hydroxylation sites is 1. The van der Waals surface area contributed by atoms with Crippen LogP contribution in [0.4, 0.5) is 5.69 Å². The monoisotopic (exact) mass is 185 g/mol. The number of hydrogen-bond donors (Lipinski definition) is 0. The van der Waals surface area contributed by atoms with E-state index in [-0.39, 0.29) is 24.7 Å². The van der Waals surface area contributed by atoms with Crippen LogP contribution in [-0.2, 0) is 0 Å². The molecule has 13 heavy (non-hydrogen) atoms. The zero-order valence-electron chi connectivity index (χ0n) is 7.65. The van der Waals surface area contributed by atoms with Crippen molar-refractivity contribution in [1.82, 2.24) is 0 Å². The Balaban J connectivity index is 0.000000845. The van der Waals surface area contributed by atoms with Crippen molar-refractivity contribution in [2.24, 2.45) is 0 Å². The molecule has 0 aliphatic carbocycles. The first-order valence-electron chi connectivity index (χ1n) is 3.65. The molecule has 4 heteroatoms. The van der Waals surface area contributed by atoms with Gasteiger partial charge in [-0.25, -0.2) is 0 Å². The van der Waals surface area contributed by atoms with Gasteiger partial charge >= 0.3 is 18.9 Å². The second kappa shape index (κ2) is 4.15. The van der Waals surface area contributed by atoms with Crippen molar-refractivity contribution in [3.05, 3.63) is 35.6 Å². The number of hydrogen-bond acceptors (Lipinski definition) is 3. The van der Waals surface area contributed by atoms with Gasteiger partial charge in [-0.3, -0.25) is 0 Å². The molecule has 2 nitrogen and oxygen atoms in total. The summed E-state index contributed by atoms with van der Waals surface area (Å²) in [6.45, 7) is 0. The molecule has 0 radical (unpaired) electrons. The van der Waals surface area contributed by atoms with E-state index >= 15 is 0 Å². The number of benzene rings is 1. The minimum absolute atomic E-state index is 0. The molecule has 0 saturated heterocycles. The summed E-state index contributed by atoms with van der Waals surface area (Å²) in [5.41, 5.74) is 0.995. The van der Waals surface area contributed by atoms with Crippen LogP contribution in [0.2, 0.25) is 0 Å². The van der Waals surface area contributed by atoms with E-state index < -0.39 is 0 Å². The van der Waals surface area contributed by atoms with Crippen LogP contribution in [0.25, 0.3) is 0 Å². The standard InChI is InChI=1S/C9H9NOS.Li/c1-10-7-4-2-3-5-8(7)12-6-9(10)11;/h2-6,11H,1H3;/q;+1/p-1. The van der Waals surface area contributed by atoms with E-state index in [0.29, 0.717) is 0 Å². The molecule has 2 rings (SSSR count). The van der Waals surface area contributed by atoms with Crippen molar-refractivity contribution >= 4 is 17.4 Å². The third-order valence-corrected chi connectivity index (χ3v) is 2.76. The zero-order valence-corrected chi connectivity index (χ0v) is 8.47. The molecule has 0 N–H and O–H groups in total. The largest absolute Gasteiger partial charge is 1.00 e. The maximum absolute atomic E-state index is 11.2. The van der Waals surface area contributed by atoms with Gasteiger partial charge in [0.1, 0.15) is 0 Å². The van der Waals surface area contributed by atoms with Crippen molar-refractivity contribution in [3.8, 4) is 0 Å². The average molecular weight is 185 g/mol. The van der Waals surface area contributed by atoms with E-state index in [4.69, 9.17) is 0 Å². The molecule has 0 saturated carbocycles. The second-order valence-corrected chi connectivity index (χ2v) is 3.51. The Morgan fingerprint density at radius 1 is 1.31 bits per heavy atom. The van der Waals surface area contributed by atoms with Gasteiger partial charge in [-0.2, -0.15) is 0 Å². The van der Waals surface area contributed by atoms with Gasteiger partial charge in [-0.05, 0) is 23.4 Å². The smallest absolute Gasteiger partial charge is 0.860 e. The number of thioether (sulfide) groups is 1. The van der Waals surface area contributed by atoms with E-state index in [1.165, 1.54) is 11.8 Å². The molecule has 0 atom stereocenters. The molecule has 1 aromatic rings. The number of anilines is 1. The Morgan fingerprint density at radius 3 is 2.77 bits per heavy atom. The summed E-state index contributed by atoms with van der Waals surface area (Å²) in [5, 5.41) is 12.8. The molecular formula is C9H8LiNOS. The molecule has 1 aliphatic heterocycles. The minimum atomic E-state index is 0. The number of nitrogens with zero attached hydrogens (tertiary/aromatic N) is 1. The Kier molecular flexibility index (Phi) is 3.38. The Bertz CT molecular complexity index is 340. The van der Waals surface area contributed by atoms with Crippen LogP contribution in [0, 0.1) is 0 Å². The quantitative estimate of drug-likeness (QED) is 0.455. The van der Waals surface area contributed by atoms with Crippen molar-refractivity contribution in [1.29, 1.82) is 0 Å². The van der Waals surface area contributed by atoms with Crippen LogP contribution in [0.15, 0.2) is 40.5 Å². The minimum Gasteiger partial charge on any atom is -0.860 e. The third-order valence-electron chi connectivity index (χ3n) is 1.84. The molecule has 0 unspecified atom stereocenters.